The van der Waals surface area contributed by atoms with E-state index in [1.54, 1.807) is 30.3 Å². The van der Waals surface area contributed by atoms with Crippen molar-refractivity contribution in [1.82, 2.24) is 0 Å². The minimum absolute atomic E-state index is 0.158. The summed E-state index contributed by atoms with van der Waals surface area (Å²) in [6.45, 7) is 0. The fraction of sp³-hybridized carbons (Fsp3) is 0. The Hall–Kier alpha value is -1.27. The summed E-state index contributed by atoms with van der Waals surface area (Å²) in [5, 5.41) is 12.4. The summed E-state index contributed by atoms with van der Waals surface area (Å²) in [4.78, 5) is 11.9. The van der Waals surface area contributed by atoms with Crippen molar-refractivity contribution in [2.45, 2.75) is 0 Å². The van der Waals surface area contributed by atoms with Crippen LogP contribution < -0.4 is 5.32 Å². The van der Waals surface area contributed by atoms with Crippen LogP contribution in [-0.4, -0.2) is 11.0 Å². The third kappa shape index (κ3) is 3.14. The average molecular weight is 374 g/mol. The van der Waals surface area contributed by atoms with Crippen LogP contribution in [0.2, 0.25) is 5.02 Å². The summed E-state index contributed by atoms with van der Waals surface area (Å²) >= 11 is 8.06. The first-order valence-electron chi connectivity index (χ1n) is 5.12. The molecule has 18 heavy (non-hydrogen) atoms. The van der Waals surface area contributed by atoms with Crippen molar-refractivity contribution in [2.24, 2.45) is 0 Å². The maximum atomic E-state index is 11.9. The second-order valence-electron chi connectivity index (χ2n) is 3.63. The van der Waals surface area contributed by atoms with E-state index >= 15 is 0 Å². The highest BCUT2D eigenvalue weighted by molar-refractivity contribution is 14.1. The molecule has 0 heterocycles. The summed E-state index contributed by atoms with van der Waals surface area (Å²) in [5.41, 5.74) is 1.11. The van der Waals surface area contributed by atoms with Crippen molar-refractivity contribution < 1.29 is 9.90 Å². The van der Waals surface area contributed by atoms with Gasteiger partial charge in [0, 0.05) is 14.8 Å². The minimum Gasteiger partial charge on any atom is -0.508 e. The number of anilines is 1. The Labute approximate surface area is 123 Å². The van der Waals surface area contributed by atoms with Crippen molar-refractivity contribution >= 4 is 45.8 Å². The summed E-state index contributed by atoms with van der Waals surface area (Å²) in [6, 6.07) is 11.4. The normalized spacial score (nSPS) is 10.1. The van der Waals surface area contributed by atoms with Gasteiger partial charge in [-0.1, -0.05) is 11.6 Å². The molecule has 1 amide bonds. The van der Waals surface area contributed by atoms with Crippen LogP contribution in [0, 0.1) is 3.57 Å². The van der Waals surface area contributed by atoms with Crippen molar-refractivity contribution in [2.75, 3.05) is 5.32 Å². The number of amides is 1. The number of aromatic hydroxyl groups is 1. The maximum absolute atomic E-state index is 11.9. The van der Waals surface area contributed by atoms with Gasteiger partial charge < -0.3 is 10.4 Å². The van der Waals surface area contributed by atoms with Gasteiger partial charge in [-0.2, -0.15) is 0 Å². The number of hydrogen-bond acceptors (Lipinski definition) is 2. The number of phenolic OH excluding ortho intramolecular Hbond substituents is 1. The molecule has 2 aromatic carbocycles. The molecule has 0 aromatic heterocycles. The van der Waals surface area contributed by atoms with Gasteiger partial charge in [0.1, 0.15) is 5.75 Å². The summed E-state index contributed by atoms with van der Waals surface area (Å²) in [5.74, 6) is -0.0794. The SMILES string of the molecule is O=C(Nc1ccc(O)cc1)c1ccc(I)c(Cl)c1. The van der Waals surface area contributed by atoms with Gasteiger partial charge >= 0.3 is 0 Å². The Morgan fingerprint density at radius 3 is 2.44 bits per heavy atom. The van der Waals surface area contributed by atoms with Crippen molar-refractivity contribution in [3.63, 3.8) is 0 Å². The molecule has 0 unspecified atom stereocenters. The van der Waals surface area contributed by atoms with E-state index in [4.69, 9.17) is 16.7 Å². The first kappa shape index (κ1) is 13.2. The van der Waals surface area contributed by atoms with Gasteiger partial charge in [0.15, 0.2) is 0 Å². The van der Waals surface area contributed by atoms with Crippen LogP contribution in [0.25, 0.3) is 0 Å². The molecule has 0 aliphatic heterocycles. The van der Waals surface area contributed by atoms with Gasteiger partial charge in [-0.05, 0) is 65.1 Å². The van der Waals surface area contributed by atoms with Gasteiger partial charge in [0.05, 0.1) is 5.02 Å². The van der Waals surface area contributed by atoms with Crippen LogP contribution in [0.3, 0.4) is 0 Å². The second kappa shape index (κ2) is 5.58. The van der Waals surface area contributed by atoms with Gasteiger partial charge in [-0.3, -0.25) is 4.79 Å². The molecule has 0 atom stereocenters. The zero-order chi connectivity index (χ0) is 13.1. The molecule has 0 saturated carbocycles. The molecule has 0 aliphatic carbocycles. The van der Waals surface area contributed by atoms with Crippen LogP contribution >= 0.6 is 34.2 Å². The van der Waals surface area contributed by atoms with Gasteiger partial charge in [-0.25, -0.2) is 0 Å². The molecule has 0 spiro atoms. The summed E-state index contributed by atoms with van der Waals surface area (Å²) < 4.78 is 0.899. The molecule has 0 aliphatic rings. The first-order valence-corrected chi connectivity index (χ1v) is 6.57. The van der Waals surface area contributed by atoms with Crippen molar-refractivity contribution in [1.29, 1.82) is 0 Å². The molecule has 3 nitrogen and oxygen atoms in total. The van der Waals surface area contributed by atoms with E-state index in [-0.39, 0.29) is 11.7 Å². The lowest BCUT2D eigenvalue weighted by Gasteiger charge is -2.06. The predicted octanol–water partition coefficient (Wildman–Crippen LogP) is 3.90. The molecular formula is C13H9ClINO2. The smallest absolute Gasteiger partial charge is 0.255 e. The average Bonchev–Trinajstić information content (AvgIpc) is 2.35. The van der Waals surface area contributed by atoms with E-state index in [1.807, 2.05) is 0 Å². The number of benzene rings is 2. The molecule has 2 aromatic rings. The van der Waals surface area contributed by atoms with E-state index in [0.29, 0.717) is 16.3 Å². The molecule has 2 N–H and O–H groups in total. The van der Waals surface area contributed by atoms with E-state index in [0.717, 1.165) is 3.57 Å². The van der Waals surface area contributed by atoms with Crippen molar-refractivity contribution in [3.05, 3.63) is 56.6 Å². The molecule has 0 bridgehead atoms. The van der Waals surface area contributed by atoms with Crippen LogP contribution in [0.15, 0.2) is 42.5 Å². The zero-order valence-electron chi connectivity index (χ0n) is 9.15. The molecule has 0 fully saturated rings. The fourth-order valence-corrected chi connectivity index (χ4v) is 1.90. The fourth-order valence-electron chi connectivity index (χ4n) is 1.39. The quantitative estimate of drug-likeness (QED) is 0.619. The highest BCUT2D eigenvalue weighted by Gasteiger charge is 2.08. The number of hydrogen-bond donors (Lipinski definition) is 2. The number of rotatable bonds is 2. The van der Waals surface area contributed by atoms with Crippen LogP contribution in [0.4, 0.5) is 5.69 Å². The van der Waals surface area contributed by atoms with Gasteiger partial charge in [0.25, 0.3) is 5.91 Å². The second-order valence-corrected chi connectivity index (χ2v) is 5.20. The van der Waals surface area contributed by atoms with E-state index < -0.39 is 0 Å². The standard InChI is InChI=1S/C13H9ClINO2/c14-11-7-8(1-6-12(11)15)13(18)16-9-2-4-10(17)5-3-9/h1-7,17H,(H,16,18). The topological polar surface area (TPSA) is 49.3 Å². The number of nitrogens with one attached hydrogen (secondary N) is 1. The Balaban J connectivity index is 2.16. The highest BCUT2D eigenvalue weighted by atomic mass is 127. The maximum Gasteiger partial charge on any atom is 0.255 e. The molecule has 0 radical (unpaired) electrons. The predicted molar refractivity (Wildman–Crippen MR) is 80.2 cm³/mol. The van der Waals surface area contributed by atoms with Crippen molar-refractivity contribution in [3.8, 4) is 5.75 Å². The molecule has 5 heteroatoms. The minimum atomic E-state index is -0.237. The molecule has 0 saturated heterocycles. The lowest BCUT2D eigenvalue weighted by Crippen LogP contribution is -2.11. The molecule has 2 rings (SSSR count). The van der Waals surface area contributed by atoms with Crippen LogP contribution in [-0.2, 0) is 0 Å². The number of carbonyl (C=O) groups excluding carboxylic acids is 1. The third-order valence-corrected chi connectivity index (χ3v) is 3.88. The number of phenols is 1. The van der Waals surface area contributed by atoms with E-state index in [1.165, 1.54) is 12.1 Å². The van der Waals surface area contributed by atoms with E-state index in [9.17, 15) is 4.79 Å². The summed E-state index contributed by atoms with van der Waals surface area (Å²) in [6.07, 6.45) is 0. The Kier molecular flexibility index (Phi) is 4.08. The number of halogens is 2. The van der Waals surface area contributed by atoms with Crippen LogP contribution in [0.5, 0.6) is 5.75 Å². The molecule has 92 valence electrons. The Bertz CT molecular complexity index is 584. The number of carbonyl (C=O) groups is 1. The van der Waals surface area contributed by atoms with Gasteiger partial charge in [-0.15, -0.1) is 0 Å². The largest absolute Gasteiger partial charge is 0.508 e. The Morgan fingerprint density at radius 2 is 1.83 bits per heavy atom. The van der Waals surface area contributed by atoms with E-state index in [2.05, 4.69) is 27.9 Å². The zero-order valence-corrected chi connectivity index (χ0v) is 12.1. The monoisotopic (exact) mass is 373 g/mol. The van der Waals surface area contributed by atoms with Crippen LogP contribution in [0.1, 0.15) is 10.4 Å². The lowest BCUT2D eigenvalue weighted by atomic mass is 10.2. The lowest BCUT2D eigenvalue weighted by molar-refractivity contribution is 0.102. The van der Waals surface area contributed by atoms with Gasteiger partial charge in [0.2, 0.25) is 0 Å². The third-order valence-electron chi connectivity index (χ3n) is 2.31. The molecular weight excluding hydrogens is 365 g/mol. The highest BCUT2D eigenvalue weighted by Crippen LogP contribution is 2.20. The Morgan fingerprint density at radius 1 is 1.17 bits per heavy atom. The summed E-state index contributed by atoms with van der Waals surface area (Å²) in [7, 11) is 0. The first-order chi connectivity index (χ1) is 8.56.